The lowest BCUT2D eigenvalue weighted by Crippen LogP contribution is -2.54. The van der Waals surface area contributed by atoms with Crippen LogP contribution in [0.4, 0.5) is 5.69 Å². The standard InChI is InChI=1S/C25H25ClN2O4/c26-22-11-9-21(10-12-22)25(32-18-19-5-2-1-3-6-19)13-14-27-16-24(25)31-17-20-7-4-8-23(15-20)28(29)30/h1-12,15,24,27H,13-14,16-18H2/t24-,25+/m0/s1. The average molecular weight is 453 g/mol. The predicted molar refractivity (Wildman–Crippen MR) is 124 cm³/mol. The monoisotopic (exact) mass is 452 g/mol. The molecule has 1 N–H and O–H groups in total. The van der Waals surface area contributed by atoms with Crippen LogP contribution in [-0.2, 0) is 28.3 Å². The van der Waals surface area contributed by atoms with Crippen molar-refractivity contribution in [1.82, 2.24) is 5.32 Å². The second kappa shape index (κ2) is 10.2. The molecule has 166 valence electrons. The zero-order valence-corrected chi connectivity index (χ0v) is 18.3. The number of non-ortho nitro benzene ring substituents is 1. The molecule has 1 fully saturated rings. The first kappa shape index (κ1) is 22.4. The third-order valence-corrected chi connectivity index (χ3v) is 6.02. The molecule has 0 bridgehead atoms. The minimum atomic E-state index is -0.674. The molecule has 0 saturated carbocycles. The molecule has 1 saturated heterocycles. The van der Waals surface area contributed by atoms with Gasteiger partial charge in [0.2, 0.25) is 0 Å². The summed E-state index contributed by atoms with van der Waals surface area (Å²) in [5.74, 6) is 0. The molecule has 0 spiro atoms. The number of rotatable bonds is 8. The van der Waals surface area contributed by atoms with Crippen molar-refractivity contribution in [3.63, 3.8) is 0 Å². The van der Waals surface area contributed by atoms with Crippen LogP contribution in [0.25, 0.3) is 0 Å². The van der Waals surface area contributed by atoms with Gasteiger partial charge in [-0.2, -0.15) is 0 Å². The van der Waals surface area contributed by atoms with Crippen molar-refractivity contribution in [2.45, 2.75) is 31.3 Å². The van der Waals surface area contributed by atoms with Gasteiger partial charge in [0.25, 0.3) is 5.69 Å². The zero-order chi connectivity index (χ0) is 22.4. The molecule has 2 atom stereocenters. The maximum Gasteiger partial charge on any atom is 0.269 e. The molecule has 3 aromatic rings. The van der Waals surface area contributed by atoms with E-state index in [-0.39, 0.29) is 18.4 Å². The lowest BCUT2D eigenvalue weighted by molar-refractivity contribution is -0.385. The van der Waals surface area contributed by atoms with E-state index < -0.39 is 10.5 Å². The summed E-state index contributed by atoms with van der Waals surface area (Å²) in [4.78, 5) is 10.7. The van der Waals surface area contributed by atoms with Gasteiger partial charge < -0.3 is 14.8 Å². The van der Waals surface area contributed by atoms with E-state index in [9.17, 15) is 10.1 Å². The van der Waals surface area contributed by atoms with Gasteiger partial charge in [-0.1, -0.05) is 66.2 Å². The van der Waals surface area contributed by atoms with E-state index in [1.54, 1.807) is 12.1 Å². The van der Waals surface area contributed by atoms with Gasteiger partial charge in [-0.3, -0.25) is 10.1 Å². The number of hydrogen-bond donors (Lipinski definition) is 1. The summed E-state index contributed by atoms with van der Waals surface area (Å²) in [6, 6.07) is 24.3. The summed E-state index contributed by atoms with van der Waals surface area (Å²) in [5.41, 5.74) is 2.21. The Hall–Kier alpha value is -2.77. The van der Waals surface area contributed by atoms with Gasteiger partial charge in [0.1, 0.15) is 11.7 Å². The Kier molecular flexibility index (Phi) is 7.17. The second-order valence-electron chi connectivity index (χ2n) is 7.85. The molecule has 1 aliphatic heterocycles. The number of halogens is 1. The topological polar surface area (TPSA) is 73.6 Å². The maximum absolute atomic E-state index is 11.1. The first-order valence-electron chi connectivity index (χ1n) is 10.6. The third kappa shape index (κ3) is 5.16. The van der Waals surface area contributed by atoms with E-state index in [2.05, 4.69) is 5.32 Å². The number of nitrogens with one attached hydrogen (secondary N) is 1. The molecule has 0 aliphatic carbocycles. The van der Waals surface area contributed by atoms with Gasteiger partial charge in [-0.15, -0.1) is 0 Å². The van der Waals surface area contributed by atoms with Gasteiger partial charge in [0.15, 0.2) is 0 Å². The lowest BCUT2D eigenvalue weighted by Gasteiger charge is -2.44. The van der Waals surface area contributed by atoms with Crippen LogP contribution in [0, 0.1) is 10.1 Å². The fraction of sp³-hybridized carbons (Fsp3) is 0.280. The van der Waals surface area contributed by atoms with Crippen molar-refractivity contribution in [2.75, 3.05) is 13.1 Å². The molecule has 7 heteroatoms. The minimum absolute atomic E-state index is 0.0529. The number of benzene rings is 3. The highest BCUT2D eigenvalue weighted by Gasteiger charge is 2.44. The van der Waals surface area contributed by atoms with Crippen LogP contribution in [0.15, 0.2) is 78.9 Å². The third-order valence-electron chi connectivity index (χ3n) is 5.77. The van der Waals surface area contributed by atoms with E-state index in [1.165, 1.54) is 6.07 Å². The Labute approximate surface area is 192 Å². The molecule has 3 aromatic carbocycles. The van der Waals surface area contributed by atoms with Crippen LogP contribution in [0.5, 0.6) is 0 Å². The molecule has 1 aliphatic rings. The second-order valence-corrected chi connectivity index (χ2v) is 8.29. The Morgan fingerprint density at radius 2 is 1.75 bits per heavy atom. The van der Waals surface area contributed by atoms with Crippen molar-refractivity contribution in [1.29, 1.82) is 0 Å². The average Bonchev–Trinajstić information content (AvgIpc) is 2.83. The van der Waals surface area contributed by atoms with Crippen molar-refractivity contribution in [3.05, 3.63) is 111 Å². The highest BCUT2D eigenvalue weighted by molar-refractivity contribution is 6.30. The summed E-state index contributed by atoms with van der Waals surface area (Å²) < 4.78 is 13.0. The maximum atomic E-state index is 11.1. The molecule has 0 radical (unpaired) electrons. The minimum Gasteiger partial charge on any atom is -0.369 e. The van der Waals surface area contributed by atoms with Crippen molar-refractivity contribution < 1.29 is 14.4 Å². The van der Waals surface area contributed by atoms with Gasteiger partial charge >= 0.3 is 0 Å². The van der Waals surface area contributed by atoms with E-state index in [1.807, 2.05) is 60.7 Å². The number of hydrogen-bond acceptors (Lipinski definition) is 5. The number of ether oxygens (including phenoxy) is 2. The Morgan fingerprint density at radius 1 is 1.00 bits per heavy atom. The predicted octanol–water partition coefficient (Wildman–Crippen LogP) is 5.24. The summed E-state index contributed by atoms with van der Waals surface area (Å²) in [6.07, 6.45) is 0.432. The SMILES string of the molecule is O=[N+]([O-])c1cccc(CO[C@H]2CNCC[C@@]2(OCc2ccccc2)c2ccc(Cl)cc2)c1. The molecule has 32 heavy (non-hydrogen) atoms. The molecule has 0 amide bonds. The molecular formula is C25H25ClN2O4. The summed E-state index contributed by atoms with van der Waals surface area (Å²) in [5, 5.41) is 15.2. The Morgan fingerprint density at radius 3 is 2.50 bits per heavy atom. The van der Waals surface area contributed by atoms with Crippen LogP contribution >= 0.6 is 11.6 Å². The largest absolute Gasteiger partial charge is 0.369 e. The highest BCUT2D eigenvalue weighted by atomic mass is 35.5. The Balaban J connectivity index is 1.60. The lowest BCUT2D eigenvalue weighted by atomic mass is 9.82. The molecule has 0 unspecified atom stereocenters. The molecule has 0 aromatic heterocycles. The van der Waals surface area contributed by atoms with Gasteiger partial charge in [-0.05, 0) is 41.8 Å². The molecule has 6 nitrogen and oxygen atoms in total. The number of nitro groups is 1. The van der Waals surface area contributed by atoms with Crippen LogP contribution in [0.2, 0.25) is 5.02 Å². The molecule has 4 rings (SSSR count). The normalized spacial score (nSPS) is 20.7. The highest BCUT2D eigenvalue weighted by Crippen LogP contribution is 2.38. The van der Waals surface area contributed by atoms with E-state index in [4.69, 9.17) is 21.1 Å². The fourth-order valence-corrected chi connectivity index (χ4v) is 4.21. The van der Waals surface area contributed by atoms with Crippen LogP contribution in [0.1, 0.15) is 23.1 Å². The van der Waals surface area contributed by atoms with Crippen molar-refractivity contribution in [3.8, 4) is 0 Å². The van der Waals surface area contributed by atoms with E-state index in [0.29, 0.717) is 18.2 Å². The summed E-state index contributed by atoms with van der Waals surface area (Å²) in [6.45, 7) is 2.08. The first-order valence-corrected chi connectivity index (χ1v) is 10.9. The van der Waals surface area contributed by atoms with Gasteiger partial charge in [0.05, 0.1) is 18.1 Å². The number of nitro benzene ring substituents is 1. The van der Waals surface area contributed by atoms with E-state index >= 15 is 0 Å². The van der Waals surface area contributed by atoms with Crippen molar-refractivity contribution >= 4 is 17.3 Å². The summed E-state index contributed by atoms with van der Waals surface area (Å²) in [7, 11) is 0. The van der Waals surface area contributed by atoms with Crippen LogP contribution < -0.4 is 5.32 Å². The smallest absolute Gasteiger partial charge is 0.269 e. The first-order chi connectivity index (χ1) is 15.6. The van der Waals surface area contributed by atoms with Crippen LogP contribution in [0.3, 0.4) is 0 Å². The van der Waals surface area contributed by atoms with Crippen LogP contribution in [-0.4, -0.2) is 24.1 Å². The van der Waals surface area contributed by atoms with Gasteiger partial charge in [-0.25, -0.2) is 0 Å². The quantitative estimate of drug-likeness (QED) is 0.373. The van der Waals surface area contributed by atoms with Gasteiger partial charge in [0, 0.05) is 23.7 Å². The zero-order valence-electron chi connectivity index (χ0n) is 17.6. The fourth-order valence-electron chi connectivity index (χ4n) is 4.08. The number of piperidine rings is 1. The molecule has 1 heterocycles. The van der Waals surface area contributed by atoms with Crippen molar-refractivity contribution in [2.24, 2.45) is 0 Å². The Bertz CT molecular complexity index is 1050. The summed E-state index contributed by atoms with van der Waals surface area (Å²) >= 11 is 6.15. The number of nitrogens with zero attached hydrogens (tertiary/aromatic N) is 1. The van der Waals surface area contributed by atoms with E-state index in [0.717, 1.165) is 29.7 Å². The molecular weight excluding hydrogens is 428 g/mol.